The molecule has 1 aromatic carbocycles. The Balaban J connectivity index is 3.03. The minimum atomic E-state index is 0.109. The molecule has 1 unspecified atom stereocenters. The van der Waals surface area contributed by atoms with Gasteiger partial charge in [0.2, 0.25) is 0 Å². The van der Waals surface area contributed by atoms with Gasteiger partial charge in [-0.2, -0.15) is 0 Å². The minimum Gasteiger partial charge on any atom is -0.497 e. The molecule has 0 amide bonds. The van der Waals surface area contributed by atoms with Crippen LogP contribution in [-0.4, -0.2) is 12.9 Å². The topological polar surface area (TPSA) is 26.3 Å². The summed E-state index contributed by atoms with van der Waals surface area (Å²) >= 11 is 0. The quantitative estimate of drug-likeness (QED) is 0.710. The molecular weight excluding hydrogens is 200 g/mol. The van der Waals surface area contributed by atoms with Gasteiger partial charge >= 0.3 is 0 Å². The Labute approximate surface area is 97.6 Å². The van der Waals surface area contributed by atoms with E-state index in [1.54, 1.807) is 14.0 Å². The van der Waals surface area contributed by atoms with Gasteiger partial charge in [0.1, 0.15) is 5.75 Å². The van der Waals surface area contributed by atoms with Crippen molar-refractivity contribution in [2.45, 2.75) is 33.6 Å². The lowest BCUT2D eigenvalue weighted by molar-refractivity contribution is 0.101. The van der Waals surface area contributed by atoms with E-state index in [0.29, 0.717) is 5.92 Å². The van der Waals surface area contributed by atoms with Crippen LogP contribution in [0.2, 0.25) is 0 Å². The molecule has 0 aliphatic carbocycles. The first-order chi connectivity index (χ1) is 7.58. The van der Waals surface area contributed by atoms with E-state index in [-0.39, 0.29) is 5.78 Å². The number of ether oxygens (including phenoxy) is 1. The molecule has 2 heteroatoms. The van der Waals surface area contributed by atoms with Gasteiger partial charge in [0, 0.05) is 5.56 Å². The van der Waals surface area contributed by atoms with Crippen LogP contribution in [0.3, 0.4) is 0 Å². The molecule has 1 aromatic rings. The highest BCUT2D eigenvalue weighted by molar-refractivity contribution is 5.96. The van der Waals surface area contributed by atoms with Gasteiger partial charge in [0.15, 0.2) is 5.78 Å². The Morgan fingerprint density at radius 3 is 2.62 bits per heavy atom. The highest BCUT2D eigenvalue weighted by Gasteiger charge is 2.11. The van der Waals surface area contributed by atoms with Crippen molar-refractivity contribution < 1.29 is 9.53 Å². The molecule has 2 nitrogen and oxygen atoms in total. The molecule has 0 saturated carbocycles. The molecule has 0 radical (unpaired) electrons. The van der Waals surface area contributed by atoms with Gasteiger partial charge < -0.3 is 4.74 Å². The first-order valence-corrected chi connectivity index (χ1v) is 5.76. The molecule has 0 spiro atoms. The maximum Gasteiger partial charge on any atom is 0.160 e. The van der Waals surface area contributed by atoms with E-state index < -0.39 is 0 Å². The smallest absolute Gasteiger partial charge is 0.160 e. The lowest BCUT2D eigenvalue weighted by atomic mass is 9.93. The number of Topliss-reactive ketones (excluding diaryl/α,β-unsaturated/α-hetero) is 1. The fourth-order valence-corrected chi connectivity index (χ4v) is 1.71. The Hall–Kier alpha value is -1.31. The van der Waals surface area contributed by atoms with E-state index in [1.165, 1.54) is 0 Å². The molecule has 1 atom stereocenters. The minimum absolute atomic E-state index is 0.109. The molecule has 0 bridgehead atoms. The van der Waals surface area contributed by atoms with E-state index in [4.69, 9.17) is 4.74 Å². The zero-order chi connectivity index (χ0) is 12.1. The average molecular weight is 220 g/mol. The summed E-state index contributed by atoms with van der Waals surface area (Å²) in [6.07, 6.45) is 2.08. The third kappa shape index (κ3) is 3.09. The zero-order valence-corrected chi connectivity index (χ0v) is 10.5. The highest BCUT2D eigenvalue weighted by Crippen LogP contribution is 2.21. The molecule has 0 fully saturated rings. The van der Waals surface area contributed by atoms with Crippen molar-refractivity contribution in [3.63, 3.8) is 0 Å². The SMILES string of the molecule is CCC(C)Cc1ccc(OC)cc1C(C)=O. The third-order valence-electron chi connectivity index (χ3n) is 2.96. The molecule has 1 rings (SSSR count). The largest absolute Gasteiger partial charge is 0.497 e. The fraction of sp³-hybridized carbons (Fsp3) is 0.500. The van der Waals surface area contributed by atoms with Crippen LogP contribution in [0, 0.1) is 5.92 Å². The van der Waals surface area contributed by atoms with Crippen molar-refractivity contribution in [3.8, 4) is 5.75 Å². The lowest BCUT2D eigenvalue weighted by Crippen LogP contribution is -2.05. The second-order valence-electron chi connectivity index (χ2n) is 4.30. The fourth-order valence-electron chi connectivity index (χ4n) is 1.71. The van der Waals surface area contributed by atoms with Crippen LogP contribution in [0.4, 0.5) is 0 Å². The Bertz CT molecular complexity index is 369. The Kier molecular flexibility index (Phi) is 4.53. The van der Waals surface area contributed by atoms with Crippen molar-refractivity contribution in [2.24, 2.45) is 5.92 Å². The first-order valence-electron chi connectivity index (χ1n) is 5.76. The predicted octanol–water partition coefficient (Wildman–Crippen LogP) is 3.49. The van der Waals surface area contributed by atoms with Crippen molar-refractivity contribution in [2.75, 3.05) is 7.11 Å². The van der Waals surface area contributed by atoms with Gasteiger partial charge in [0.05, 0.1) is 7.11 Å². The monoisotopic (exact) mass is 220 g/mol. The van der Waals surface area contributed by atoms with E-state index in [0.717, 1.165) is 29.7 Å². The second-order valence-corrected chi connectivity index (χ2v) is 4.30. The molecule has 0 saturated heterocycles. The van der Waals surface area contributed by atoms with Crippen LogP contribution in [-0.2, 0) is 6.42 Å². The second kappa shape index (κ2) is 5.69. The number of benzene rings is 1. The van der Waals surface area contributed by atoms with Crippen molar-refractivity contribution in [1.82, 2.24) is 0 Å². The van der Waals surface area contributed by atoms with Gasteiger partial charge in [0.25, 0.3) is 0 Å². The van der Waals surface area contributed by atoms with Crippen molar-refractivity contribution in [1.29, 1.82) is 0 Å². The predicted molar refractivity (Wildman–Crippen MR) is 66.2 cm³/mol. The summed E-state index contributed by atoms with van der Waals surface area (Å²) in [5.41, 5.74) is 1.92. The Morgan fingerprint density at radius 2 is 2.12 bits per heavy atom. The van der Waals surface area contributed by atoms with Crippen LogP contribution >= 0.6 is 0 Å². The molecular formula is C14H20O2. The molecule has 0 aliphatic rings. The third-order valence-corrected chi connectivity index (χ3v) is 2.96. The number of carbonyl (C=O) groups is 1. The summed E-state index contributed by atoms with van der Waals surface area (Å²) < 4.78 is 5.14. The number of hydrogen-bond donors (Lipinski definition) is 0. The Morgan fingerprint density at radius 1 is 1.44 bits per heavy atom. The first kappa shape index (κ1) is 12.8. The van der Waals surface area contributed by atoms with Crippen LogP contribution in [0.5, 0.6) is 5.75 Å². The van der Waals surface area contributed by atoms with Gasteiger partial charge in [-0.05, 0) is 37.0 Å². The van der Waals surface area contributed by atoms with Crippen LogP contribution in [0.15, 0.2) is 18.2 Å². The van der Waals surface area contributed by atoms with Gasteiger partial charge in [-0.25, -0.2) is 0 Å². The lowest BCUT2D eigenvalue weighted by Gasteiger charge is -2.12. The van der Waals surface area contributed by atoms with E-state index in [9.17, 15) is 4.79 Å². The number of hydrogen-bond acceptors (Lipinski definition) is 2. The van der Waals surface area contributed by atoms with Crippen molar-refractivity contribution >= 4 is 5.78 Å². The van der Waals surface area contributed by atoms with E-state index in [2.05, 4.69) is 13.8 Å². The van der Waals surface area contributed by atoms with E-state index >= 15 is 0 Å². The number of ketones is 1. The van der Waals surface area contributed by atoms with Crippen molar-refractivity contribution in [3.05, 3.63) is 29.3 Å². The number of methoxy groups -OCH3 is 1. The standard InChI is InChI=1S/C14H20O2/c1-5-10(2)8-12-6-7-13(16-4)9-14(12)11(3)15/h6-7,9-10H,5,8H2,1-4H3. The zero-order valence-electron chi connectivity index (χ0n) is 10.5. The molecule has 0 N–H and O–H groups in total. The summed E-state index contributed by atoms with van der Waals surface area (Å²) in [7, 11) is 1.62. The highest BCUT2D eigenvalue weighted by atomic mass is 16.5. The maximum absolute atomic E-state index is 11.5. The normalized spacial score (nSPS) is 12.2. The summed E-state index contributed by atoms with van der Waals surface area (Å²) in [6, 6.07) is 5.76. The summed E-state index contributed by atoms with van der Waals surface area (Å²) in [5, 5.41) is 0. The van der Waals surface area contributed by atoms with Gasteiger partial charge in [-0.1, -0.05) is 26.3 Å². The number of rotatable bonds is 5. The van der Waals surface area contributed by atoms with Crippen LogP contribution in [0.1, 0.15) is 43.1 Å². The molecule has 16 heavy (non-hydrogen) atoms. The van der Waals surface area contributed by atoms with Gasteiger partial charge in [-0.3, -0.25) is 4.79 Å². The molecule has 0 aromatic heterocycles. The van der Waals surface area contributed by atoms with Gasteiger partial charge in [-0.15, -0.1) is 0 Å². The number of carbonyl (C=O) groups excluding carboxylic acids is 1. The van der Waals surface area contributed by atoms with Crippen LogP contribution in [0.25, 0.3) is 0 Å². The molecule has 0 aliphatic heterocycles. The summed E-state index contributed by atoms with van der Waals surface area (Å²) in [4.78, 5) is 11.5. The average Bonchev–Trinajstić information content (AvgIpc) is 2.29. The maximum atomic E-state index is 11.5. The van der Waals surface area contributed by atoms with E-state index in [1.807, 2.05) is 18.2 Å². The van der Waals surface area contributed by atoms with Crippen LogP contribution < -0.4 is 4.74 Å². The summed E-state index contributed by atoms with van der Waals surface area (Å²) in [5.74, 6) is 1.46. The summed E-state index contributed by atoms with van der Waals surface area (Å²) in [6.45, 7) is 5.98. The molecule has 0 heterocycles. The molecule has 88 valence electrons.